The fraction of sp³-hybridized carbons (Fsp3) is 0.698. The number of hydrogen-bond acceptors (Lipinski definition) is 9. The highest BCUT2D eigenvalue weighted by Crippen LogP contribution is 2.75. The van der Waals surface area contributed by atoms with Gasteiger partial charge in [0.1, 0.15) is 5.75 Å². The first-order valence-electron chi connectivity index (χ1n) is 20.5. The Labute approximate surface area is 306 Å². The molecule has 2 saturated carbocycles. The zero-order chi connectivity index (χ0) is 34.4. The molecule has 0 amide bonds. The van der Waals surface area contributed by atoms with Crippen molar-refractivity contribution in [3.63, 3.8) is 0 Å². The SMILES string of the molecule is COC(=O)C1C[C@]23CCO[C@H]2[C@@]2(CC4C[C@]56CCO[C@H]5CCN5CC[C@@]7(c8cccc(OC)c8N(C2)C47)[C@@H]56)CN2CC[C@@]4(c5ccccc5NC14)[C@@H]23. The molecule has 0 radical (unpaired) electrons. The number of nitrogens with one attached hydrogen (secondary N) is 1. The molecular weight excluding hydrogens is 652 g/mol. The second-order valence-corrected chi connectivity index (χ2v) is 19.2. The Balaban J connectivity index is 1.00. The summed E-state index contributed by atoms with van der Waals surface area (Å²) in [5, 5.41) is 3.94. The van der Waals surface area contributed by atoms with Crippen LogP contribution in [-0.4, -0.2) is 112 Å². The number of nitrogens with zero attached hydrogens (tertiary/aromatic N) is 3. The van der Waals surface area contributed by atoms with Gasteiger partial charge >= 0.3 is 5.97 Å². The lowest BCUT2D eigenvalue weighted by Gasteiger charge is -2.69. The fourth-order valence-electron chi connectivity index (χ4n) is 17.4. The Morgan fingerprint density at radius 1 is 0.827 bits per heavy atom. The maximum atomic E-state index is 14.0. The standard InChI is InChI=1S/C43H52N4O5/c1-49-30-9-5-7-28-32(30)47-24-39(20-25-21-40-13-18-51-31(40)10-15-45-16-12-43(28,34(25)47)36(40)45)23-46-17-11-42-27-6-3-4-8-29(27)44-33(42)26(35(48)50-2)22-41(37(42)46)14-19-52-38(39)41/h3-9,25-26,31,33-34,36-38,44H,10-24H2,1-2H3/t25?,26?,31-,33?,34?,36-,37-,38-,39-,40+,41-,42-,43-/m0/s1. The van der Waals surface area contributed by atoms with Crippen LogP contribution in [0.2, 0.25) is 0 Å². The quantitative estimate of drug-likeness (QED) is 0.453. The molecular formula is C43H52N4O5. The van der Waals surface area contributed by atoms with Crippen LogP contribution in [0.3, 0.4) is 0 Å². The number of hydrogen-bond donors (Lipinski definition) is 1. The van der Waals surface area contributed by atoms with Crippen LogP contribution in [0.4, 0.5) is 11.4 Å². The Kier molecular flexibility index (Phi) is 5.67. The van der Waals surface area contributed by atoms with Crippen LogP contribution >= 0.6 is 0 Å². The largest absolute Gasteiger partial charge is 0.495 e. The summed E-state index contributed by atoms with van der Waals surface area (Å²) in [5.41, 5.74) is 5.52. The Morgan fingerprint density at radius 2 is 1.63 bits per heavy atom. The molecule has 13 rings (SSSR count). The van der Waals surface area contributed by atoms with Crippen LogP contribution in [0.5, 0.6) is 5.75 Å². The highest BCUT2D eigenvalue weighted by atomic mass is 16.5. The van der Waals surface area contributed by atoms with E-state index >= 15 is 0 Å². The van der Waals surface area contributed by atoms with E-state index in [4.69, 9.17) is 18.9 Å². The molecule has 0 bridgehead atoms. The maximum Gasteiger partial charge on any atom is 0.310 e. The predicted octanol–water partition coefficient (Wildman–Crippen LogP) is 4.57. The molecule has 4 unspecified atom stereocenters. The van der Waals surface area contributed by atoms with Gasteiger partial charge in [-0.2, -0.15) is 0 Å². The molecule has 11 aliphatic rings. The van der Waals surface area contributed by atoms with Gasteiger partial charge in [-0.25, -0.2) is 0 Å². The fourth-order valence-corrected chi connectivity index (χ4v) is 17.4. The number of rotatable bonds is 2. The highest BCUT2D eigenvalue weighted by Gasteiger charge is 2.80. The van der Waals surface area contributed by atoms with Crippen LogP contribution in [0.1, 0.15) is 62.5 Å². The summed E-state index contributed by atoms with van der Waals surface area (Å²) in [6.07, 6.45) is 9.38. The monoisotopic (exact) mass is 704 g/mol. The van der Waals surface area contributed by atoms with Crippen molar-refractivity contribution in [3.8, 4) is 5.75 Å². The molecule has 9 heteroatoms. The topological polar surface area (TPSA) is 75.7 Å². The summed E-state index contributed by atoms with van der Waals surface area (Å²) >= 11 is 0. The smallest absolute Gasteiger partial charge is 0.310 e. The molecule has 52 heavy (non-hydrogen) atoms. The van der Waals surface area contributed by atoms with Crippen molar-refractivity contribution in [1.82, 2.24) is 9.80 Å². The van der Waals surface area contributed by atoms with Gasteiger partial charge in [-0.05, 0) is 93.6 Å². The van der Waals surface area contributed by atoms with Crippen molar-refractivity contribution >= 4 is 17.3 Å². The number of ether oxygens (including phenoxy) is 4. The van der Waals surface area contributed by atoms with Crippen LogP contribution < -0.4 is 15.0 Å². The normalized spacial score (nSPS) is 49.6. The summed E-state index contributed by atoms with van der Waals surface area (Å²) in [4.78, 5) is 22.8. The Morgan fingerprint density at radius 3 is 2.54 bits per heavy atom. The minimum atomic E-state index is -0.211. The lowest BCUT2D eigenvalue weighted by molar-refractivity contribution is -0.193. The number of anilines is 2. The van der Waals surface area contributed by atoms with E-state index in [-0.39, 0.29) is 51.1 Å². The van der Waals surface area contributed by atoms with E-state index in [0.29, 0.717) is 30.1 Å². The van der Waals surface area contributed by atoms with Crippen LogP contribution in [-0.2, 0) is 29.8 Å². The molecule has 9 heterocycles. The molecule has 7 saturated heterocycles. The second kappa shape index (κ2) is 9.68. The molecule has 1 N–H and O–H groups in total. The lowest BCUT2D eigenvalue weighted by Crippen LogP contribution is -2.78. The second-order valence-electron chi connectivity index (χ2n) is 19.2. The Bertz CT molecular complexity index is 1920. The molecule has 13 atom stereocenters. The van der Waals surface area contributed by atoms with Crippen molar-refractivity contribution in [2.75, 3.05) is 70.4 Å². The summed E-state index contributed by atoms with van der Waals surface area (Å²) in [6.45, 7) is 7.15. The summed E-state index contributed by atoms with van der Waals surface area (Å²) in [5.74, 6) is 1.31. The van der Waals surface area contributed by atoms with Gasteiger partial charge < -0.3 is 29.2 Å². The first-order valence-corrected chi connectivity index (χ1v) is 20.5. The summed E-state index contributed by atoms with van der Waals surface area (Å²) in [6, 6.07) is 17.3. The van der Waals surface area contributed by atoms with Gasteiger partial charge in [0.15, 0.2) is 0 Å². The van der Waals surface area contributed by atoms with Gasteiger partial charge in [0.2, 0.25) is 0 Å². The third kappa shape index (κ3) is 3.09. The number of piperidine rings is 3. The van der Waals surface area contributed by atoms with E-state index in [1.54, 1.807) is 12.7 Å². The molecule has 2 aromatic carbocycles. The number of benzene rings is 2. The van der Waals surface area contributed by atoms with E-state index in [9.17, 15) is 4.79 Å². The Hall–Kier alpha value is -2.85. The van der Waals surface area contributed by atoms with Crippen molar-refractivity contribution in [3.05, 3.63) is 53.6 Å². The van der Waals surface area contributed by atoms with E-state index < -0.39 is 0 Å². The number of carbonyl (C=O) groups excluding carboxylic acids is 1. The van der Waals surface area contributed by atoms with Gasteiger partial charge in [-0.3, -0.25) is 14.6 Å². The average Bonchev–Trinajstić information content (AvgIpc) is 4.02. The van der Waals surface area contributed by atoms with E-state index in [0.717, 1.165) is 64.4 Å². The van der Waals surface area contributed by atoms with Crippen molar-refractivity contribution < 1.29 is 23.7 Å². The average molecular weight is 705 g/mol. The minimum Gasteiger partial charge on any atom is -0.495 e. The molecule has 5 spiro atoms. The number of para-hydroxylation sites is 2. The third-order valence-electron chi connectivity index (χ3n) is 18.0. The van der Waals surface area contributed by atoms with Gasteiger partial charge in [-0.1, -0.05) is 30.3 Å². The molecule has 2 aromatic rings. The molecule has 2 aliphatic carbocycles. The number of carbonyl (C=O) groups is 1. The van der Waals surface area contributed by atoms with E-state index in [2.05, 4.69) is 62.5 Å². The predicted molar refractivity (Wildman–Crippen MR) is 195 cm³/mol. The number of fused-ring (bicyclic) bond motifs is 4. The van der Waals surface area contributed by atoms with Crippen LogP contribution in [0.25, 0.3) is 0 Å². The van der Waals surface area contributed by atoms with E-state index in [1.807, 2.05) is 7.11 Å². The molecule has 0 aromatic heterocycles. The summed E-state index contributed by atoms with van der Waals surface area (Å²) in [7, 11) is 3.46. The molecule has 274 valence electrons. The zero-order valence-corrected chi connectivity index (χ0v) is 30.6. The highest BCUT2D eigenvalue weighted by molar-refractivity contribution is 5.78. The van der Waals surface area contributed by atoms with Crippen molar-refractivity contribution in [1.29, 1.82) is 0 Å². The molecule has 9 fully saturated rings. The van der Waals surface area contributed by atoms with E-state index in [1.165, 1.54) is 55.6 Å². The van der Waals surface area contributed by atoms with Crippen LogP contribution in [0, 0.1) is 28.1 Å². The zero-order valence-electron chi connectivity index (χ0n) is 30.6. The minimum absolute atomic E-state index is 0.0453. The lowest BCUT2D eigenvalue weighted by atomic mass is 9.43. The summed E-state index contributed by atoms with van der Waals surface area (Å²) < 4.78 is 26.1. The third-order valence-corrected chi connectivity index (χ3v) is 18.0. The first kappa shape index (κ1) is 30.5. The van der Waals surface area contributed by atoms with Crippen molar-refractivity contribution in [2.45, 2.75) is 98.6 Å². The van der Waals surface area contributed by atoms with Gasteiger partial charge in [0.05, 0.1) is 44.1 Å². The number of esters is 1. The van der Waals surface area contributed by atoms with Gasteiger partial charge in [0.25, 0.3) is 0 Å². The number of methoxy groups -OCH3 is 2. The van der Waals surface area contributed by atoms with Crippen LogP contribution in [0.15, 0.2) is 42.5 Å². The maximum absolute atomic E-state index is 14.0. The van der Waals surface area contributed by atoms with Gasteiger partial charge in [0, 0.05) is 83.7 Å². The van der Waals surface area contributed by atoms with Gasteiger partial charge in [-0.15, -0.1) is 0 Å². The first-order chi connectivity index (χ1) is 25.4. The van der Waals surface area contributed by atoms with Crippen molar-refractivity contribution in [2.24, 2.45) is 28.1 Å². The molecule has 9 nitrogen and oxygen atoms in total. The molecule has 9 aliphatic heterocycles.